The number of nitrogens with zero attached hydrogens (tertiary/aromatic N) is 1. The predicted molar refractivity (Wildman–Crippen MR) is 59.9 cm³/mol. The Bertz CT molecular complexity index is 462. The number of benzene rings is 1. The number of rotatable bonds is 4. The molecule has 3 N–H and O–H groups in total. The number of nitrogens with two attached hydrogens (primary N) is 1. The molecule has 0 aliphatic heterocycles. The van der Waals surface area contributed by atoms with E-state index in [2.05, 4.69) is 0 Å². The molecule has 0 fully saturated rings. The highest BCUT2D eigenvalue weighted by Gasteiger charge is 2.33. The van der Waals surface area contributed by atoms with E-state index in [1.807, 2.05) is 0 Å². The van der Waals surface area contributed by atoms with Gasteiger partial charge in [-0.15, -0.1) is 0 Å². The highest BCUT2D eigenvalue weighted by Crippen LogP contribution is 2.20. The third-order valence-electron chi connectivity index (χ3n) is 2.25. The van der Waals surface area contributed by atoms with E-state index in [1.165, 1.54) is 6.07 Å². The number of hydrogen-bond donors (Lipinski definition) is 2. The van der Waals surface area contributed by atoms with Gasteiger partial charge in [0.2, 0.25) is 0 Å². The van der Waals surface area contributed by atoms with Crippen molar-refractivity contribution in [1.29, 1.82) is 0 Å². The molecule has 1 aromatic carbocycles. The smallest absolute Gasteiger partial charge is 0.399 e. The van der Waals surface area contributed by atoms with Crippen molar-refractivity contribution in [1.82, 2.24) is 4.90 Å². The fourth-order valence-electron chi connectivity index (χ4n) is 1.47. The van der Waals surface area contributed by atoms with E-state index in [0.717, 1.165) is 12.1 Å². The van der Waals surface area contributed by atoms with Crippen LogP contribution in [-0.2, 0) is 0 Å². The molecule has 1 aromatic rings. The second-order valence-corrected chi connectivity index (χ2v) is 3.80. The van der Waals surface area contributed by atoms with Crippen molar-refractivity contribution in [2.75, 3.05) is 25.4 Å². The number of amides is 1. The van der Waals surface area contributed by atoms with Crippen LogP contribution in [0.1, 0.15) is 10.4 Å². The lowest BCUT2D eigenvalue weighted by molar-refractivity contribution is -0.141. The number of alkyl halides is 3. The number of nitrogen functional groups attached to an aromatic ring is 1. The summed E-state index contributed by atoms with van der Waals surface area (Å²) in [5.74, 6) is -2.14. The Labute approximate surface area is 106 Å². The molecule has 8 heteroatoms. The summed E-state index contributed by atoms with van der Waals surface area (Å²) in [6, 6.07) is 3.04. The summed E-state index contributed by atoms with van der Waals surface area (Å²) in [6.45, 7) is -2.78. The van der Waals surface area contributed by atoms with Crippen LogP contribution in [0.4, 0.5) is 23.2 Å². The molecule has 1 amide bonds. The van der Waals surface area contributed by atoms with Gasteiger partial charge in [0, 0.05) is 12.2 Å². The van der Waals surface area contributed by atoms with Gasteiger partial charge in [0.25, 0.3) is 5.91 Å². The monoisotopic (exact) mass is 280 g/mol. The van der Waals surface area contributed by atoms with Crippen molar-refractivity contribution in [2.24, 2.45) is 0 Å². The van der Waals surface area contributed by atoms with E-state index in [0.29, 0.717) is 4.90 Å². The van der Waals surface area contributed by atoms with E-state index in [1.54, 1.807) is 0 Å². The van der Waals surface area contributed by atoms with Crippen LogP contribution in [0, 0.1) is 5.82 Å². The number of carbonyl (C=O) groups excluding carboxylic acids is 1. The van der Waals surface area contributed by atoms with Crippen LogP contribution in [0.2, 0.25) is 0 Å². The van der Waals surface area contributed by atoms with Crippen LogP contribution < -0.4 is 5.73 Å². The quantitative estimate of drug-likeness (QED) is 0.647. The van der Waals surface area contributed by atoms with E-state index in [9.17, 15) is 22.4 Å². The molecule has 0 radical (unpaired) electrons. The molecule has 0 aromatic heterocycles. The van der Waals surface area contributed by atoms with Crippen molar-refractivity contribution < 1.29 is 27.5 Å². The number of anilines is 1. The van der Waals surface area contributed by atoms with Gasteiger partial charge in [-0.2, -0.15) is 13.2 Å². The molecule has 0 atom stereocenters. The second kappa shape index (κ2) is 5.87. The summed E-state index contributed by atoms with van der Waals surface area (Å²) >= 11 is 0. The average molecular weight is 280 g/mol. The molecule has 0 unspecified atom stereocenters. The molecule has 0 saturated carbocycles. The van der Waals surface area contributed by atoms with Crippen molar-refractivity contribution in [2.45, 2.75) is 6.18 Å². The first-order valence-electron chi connectivity index (χ1n) is 5.26. The number of aliphatic hydroxyl groups excluding tert-OH is 1. The lowest BCUT2D eigenvalue weighted by Crippen LogP contribution is -2.41. The van der Waals surface area contributed by atoms with E-state index < -0.39 is 43.2 Å². The van der Waals surface area contributed by atoms with Crippen LogP contribution >= 0.6 is 0 Å². The van der Waals surface area contributed by atoms with Gasteiger partial charge in [-0.3, -0.25) is 4.79 Å². The van der Waals surface area contributed by atoms with Crippen molar-refractivity contribution in [3.8, 4) is 0 Å². The highest BCUT2D eigenvalue weighted by atomic mass is 19.4. The predicted octanol–water partition coefficient (Wildman–Crippen LogP) is 1.40. The molecular weight excluding hydrogens is 268 g/mol. The Morgan fingerprint density at radius 1 is 1.37 bits per heavy atom. The Hall–Kier alpha value is -1.83. The third kappa shape index (κ3) is 4.40. The molecule has 106 valence electrons. The summed E-state index contributed by atoms with van der Waals surface area (Å²) in [7, 11) is 0. The summed E-state index contributed by atoms with van der Waals surface area (Å²) in [5, 5.41) is 8.67. The summed E-state index contributed by atoms with van der Waals surface area (Å²) < 4.78 is 50.3. The largest absolute Gasteiger partial charge is 0.406 e. The minimum atomic E-state index is -4.64. The van der Waals surface area contributed by atoms with Crippen molar-refractivity contribution in [3.63, 3.8) is 0 Å². The first-order valence-corrected chi connectivity index (χ1v) is 5.26. The summed E-state index contributed by atoms with van der Waals surface area (Å²) in [5.41, 5.74) is 4.86. The number of hydrogen-bond acceptors (Lipinski definition) is 3. The van der Waals surface area contributed by atoms with E-state index in [-0.39, 0.29) is 5.69 Å². The Balaban J connectivity index is 3.02. The maximum atomic E-state index is 13.4. The van der Waals surface area contributed by atoms with Gasteiger partial charge < -0.3 is 15.7 Å². The van der Waals surface area contributed by atoms with Gasteiger partial charge >= 0.3 is 6.18 Å². The lowest BCUT2D eigenvalue weighted by atomic mass is 10.1. The van der Waals surface area contributed by atoms with Crippen LogP contribution in [0.15, 0.2) is 18.2 Å². The highest BCUT2D eigenvalue weighted by molar-refractivity contribution is 5.95. The summed E-state index contributed by atoms with van der Waals surface area (Å²) in [4.78, 5) is 12.1. The number of aliphatic hydroxyl groups is 1. The lowest BCUT2D eigenvalue weighted by Gasteiger charge is -2.23. The zero-order valence-corrected chi connectivity index (χ0v) is 9.75. The van der Waals surface area contributed by atoms with Gasteiger partial charge in [-0.25, -0.2) is 4.39 Å². The van der Waals surface area contributed by atoms with Gasteiger partial charge in [-0.1, -0.05) is 0 Å². The summed E-state index contributed by atoms with van der Waals surface area (Å²) in [6.07, 6.45) is -4.64. The first-order chi connectivity index (χ1) is 8.74. The molecule has 0 aliphatic carbocycles. The molecule has 0 saturated heterocycles. The molecule has 4 nitrogen and oxygen atoms in total. The van der Waals surface area contributed by atoms with Gasteiger partial charge in [0.15, 0.2) is 0 Å². The number of halogens is 4. The SMILES string of the molecule is Nc1ccc(F)c(C(=O)N(CCO)CC(F)(F)F)c1. The molecule has 0 spiro atoms. The zero-order valence-electron chi connectivity index (χ0n) is 9.75. The Kier molecular flexibility index (Phi) is 4.71. The standard InChI is InChI=1S/C11H12F4N2O2/c12-9-2-1-7(16)5-8(9)10(19)17(3-4-18)6-11(13,14)15/h1-2,5,18H,3-4,6,16H2. The first kappa shape index (κ1) is 15.2. The topological polar surface area (TPSA) is 66.6 Å². The Morgan fingerprint density at radius 3 is 2.53 bits per heavy atom. The molecule has 1 rings (SSSR count). The molecule has 0 bridgehead atoms. The maximum absolute atomic E-state index is 13.4. The van der Waals surface area contributed by atoms with E-state index >= 15 is 0 Å². The van der Waals surface area contributed by atoms with Crippen LogP contribution in [0.3, 0.4) is 0 Å². The normalized spacial score (nSPS) is 11.4. The van der Waals surface area contributed by atoms with Crippen LogP contribution in [0.25, 0.3) is 0 Å². The fourth-order valence-corrected chi connectivity index (χ4v) is 1.47. The minimum absolute atomic E-state index is 0.0562. The molecular formula is C11H12F4N2O2. The molecule has 19 heavy (non-hydrogen) atoms. The van der Waals surface area contributed by atoms with Gasteiger partial charge in [0.1, 0.15) is 12.4 Å². The Morgan fingerprint density at radius 2 is 2.00 bits per heavy atom. The van der Waals surface area contributed by atoms with Crippen LogP contribution in [-0.4, -0.2) is 41.8 Å². The maximum Gasteiger partial charge on any atom is 0.406 e. The van der Waals surface area contributed by atoms with Gasteiger partial charge in [0.05, 0.1) is 12.2 Å². The number of carbonyl (C=O) groups is 1. The van der Waals surface area contributed by atoms with Gasteiger partial charge in [-0.05, 0) is 18.2 Å². The van der Waals surface area contributed by atoms with E-state index in [4.69, 9.17) is 10.8 Å². The molecule has 0 aliphatic rings. The van der Waals surface area contributed by atoms with Crippen LogP contribution in [0.5, 0.6) is 0 Å². The molecule has 0 heterocycles. The average Bonchev–Trinajstić information content (AvgIpc) is 2.29. The third-order valence-corrected chi connectivity index (χ3v) is 2.25. The minimum Gasteiger partial charge on any atom is -0.399 e. The second-order valence-electron chi connectivity index (χ2n) is 3.80. The van der Waals surface area contributed by atoms with Crippen molar-refractivity contribution in [3.05, 3.63) is 29.6 Å². The zero-order chi connectivity index (χ0) is 14.6. The fraction of sp³-hybridized carbons (Fsp3) is 0.364. The van der Waals surface area contributed by atoms with Crippen molar-refractivity contribution >= 4 is 11.6 Å².